The van der Waals surface area contributed by atoms with Crippen molar-refractivity contribution in [2.24, 2.45) is 0 Å². The Labute approximate surface area is 120 Å². The van der Waals surface area contributed by atoms with E-state index >= 15 is 0 Å². The molecule has 0 aromatic heterocycles. The number of nitrogens with zero attached hydrogens (tertiary/aromatic N) is 2. The van der Waals surface area contributed by atoms with Crippen molar-refractivity contribution in [1.29, 1.82) is 5.26 Å². The van der Waals surface area contributed by atoms with E-state index in [0.29, 0.717) is 5.56 Å². The fourth-order valence-corrected chi connectivity index (χ4v) is 2.45. The number of aryl methyl sites for hydroxylation is 1. The quantitative estimate of drug-likeness (QED) is 0.862. The van der Waals surface area contributed by atoms with E-state index < -0.39 is 0 Å². The summed E-state index contributed by atoms with van der Waals surface area (Å²) in [6.45, 7) is 4.14. The number of hydrogen-bond donors (Lipinski definition) is 1. The predicted molar refractivity (Wildman–Crippen MR) is 83.6 cm³/mol. The molecule has 0 heterocycles. The Morgan fingerprint density at radius 1 is 1.20 bits per heavy atom. The minimum Gasteiger partial charge on any atom is -0.399 e. The summed E-state index contributed by atoms with van der Waals surface area (Å²) in [6, 6.07) is 16.1. The smallest absolute Gasteiger partial charge is 0.101 e. The fraction of sp³-hybridized carbons (Fsp3) is 0.235. The molecular formula is C17H19N3. The van der Waals surface area contributed by atoms with E-state index in [-0.39, 0.29) is 6.04 Å². The van der Waals surface area contributed by atoms with Crippen LogP contribution in [-0.2, 0) is 0 Å². The predicted octanol–water partition coefficient (Wildman–Crippen LogP) is 3.65. The van der Waals surface area contributed by atoms with Gasteiger partial charge in [0.25, 0.3) is 0 Å². The Morgan fingerprint density at radius 3 is 2.55 bits per heavy atom. The molecule has 0 spiro atoms. The number of benzene rings is 2. The highest BCUT2D eigenvalue weighted by atomic mass is 15.1. The monoisotopic (exact) mass is 265 g/mol. The maximum absolute atomic E-state index is 9.29. The van der Waals surface area contributed by atoms with Crippen molar-refractivity contribution in [3.8, 4) is 6.07 Å². The van der Waals surface area contributed by atoms with Crippen LogP contribution < -0.4 is 10.6 Å². The van der Waals surface area contributed by atoms with Crippen LogP contribution >= 0.6 is 0 Å². The molecule has 0 bridgehead atoms. The first-order chi connectivity index (χ1) is 9.54. The molecule has 0 fully saturated rings. The zero-order valence-electron chi connectivity index (χ0n) is 12.1. The number of nitrogens with two attached hydrogens (primary N) is 1. The number of nitriles is 1. The largest absolute Gasteiger partial charge is 0.399 e. The van der Waals surface area contributed by atoms with Crippen LogP contribution in [0.2, 0.25) is 0 Å². The molecule has 20 heavy (non-hydrogen) atoms. The molecule has 2 N–H and O–H groups in total. The summed E-state index contributed by atoms with van der Waals surface area (Å²) in [4.78, 5) is 2.13. The van der Waals surface area contributed by atoms with Gasteiger partial charge in [-0.15, -0.1) is 0 Å². The van der Waals surface area contributed by atoms with Crippen LogP contribution in [0, 0.1) is 18.3 Å². The van der Waals surface area contributed by atoms with Crippen LogP contribution in [0.3, 0.4) is 0 Å². The lowest BCUT2D eigenvalue weighted by Crippen LogP contribution is -2.23. The highest BCUT2D eigenvalue weighted by Crippen LogP contribution is 2.31. The fourth-order valence-electron chi connectivity index (χ4n) is 2.45. The minimum atomic E-state index is 0.145. The third-order valence-corrected chi connectivity index (χ3v) is 3.68. The lowest BCUT2D eigenvalue weighted by molar-refractivity contribution is 0.737. The molecule has 0 saturated heterocycles. The summed E-state index contributed by atoms with van der Waals surface area (Å²) in [7, 11) is 2.01. The Bertz CT molecular complexity index is 656. The van der Waals surface area contributed by atoms with Crippen molar-refractivity contribution in [3.05, 3.63) is 59.2 Å². The second-order valence-electron chi connectivity index (χ2n) is 5.04. The molecule has 2 rings (SSSR count). The minimum absolute atomic E-state index is 0.145. The summed E-state index contributed by atoms with van der Waals surface area (Å²) in [6.07, 6.45) is 0. The summed E-state index contributed by atoms with van der Waals surface area (Å²) in [5.41, 5.74) is 10.5. The van der Waals surface area contributed by atoms with E-state index in [1.807, 2.05) is 50.4 Å². The van der Waals surface area contributed by atoms with Crippen molar-refractivity contribution in [3.63, 3.8) is 0 Å². The first-order valence-corrected chi connectivity index (χ1v) is 6.62. The first-order valence-electron chi connectivity index (χ1n) is 6.62. The SMILES string of the molecule is Cc1cccc(C#N)c1N(C)C(C)c1cccc(N)c1. The molecule has 1 unspecified atom stereocenters. The Morgan fingerprint density at radius 2 is 1.90 bits per heavy atom. The third-order valence-electron chi connectivity index (χ3n) is 3.68. The standard InChI is InChI=1S/C17H19N3/c1-12-6-4-8-15(11-18)17(12)20(3)13(2)14-7-5-9-16(19)10-14/h4-10,13H,19H2,1-3H3. The van der Waals surface area contributed by atoms with E-state index in [9.17, 15) is 5.26 Å². The average molecular weight is 265 g/mol. The van der Waals surface area contributed by atoms with E-state index in [4.69, 9.17) is 5.73 Å². The van der Waals surface area contributed by atoms with Crippen LogP contribution in [0.15, 0.2) is 42.5 Å². The second kappa shape index (κ2) is 5.66. The maximum atomic E-state index is 9.29. The van der Waals surface area contributed by atoms with Gasteiger partial charge in [-0.2, -0.15) is 5.26 Å². The zero-order valence-corrected chi connectivity index (χ0v) is 12.1. The molecule has 0 amide bonds. The summed E-state index contributed by atoms with van der Waals surface area (Å²) >= 11 is 0. The highest BCUT2D eigenvalue weighted by molar-refractivity contribution is 5.64. The average Bonchev–Trinajstić information content (AvgIpc) is 2.45. The molecule has 0 aliphatic rings. The molecule has 0 aliphatic heterocycles. The summed E-state index contributed by atoms with van der Waals surface area (Å²) < 4.78 is 0. The molecule has 3 nitrogen and oxygen atoms in total. The molecule has 1 atom stereocenters. The van der Waals surface area contributed by atoms with Crippen molar-refractivity contribution >= 4 is 11.4 Å². The van der Waals surface area contributed by atoms with Crippen LogP contribution in [0.25, 0.3) is 0 Å². The summed E-state index contributed by atoms with van der Waals surface area (Å²) in [5, 5.41) is 9.29. The third kappa shape index (κ3) is 2.60. The van der Waals surface area contributed by atoms with Gasteiger partial charge in [0.15, 0.2) is 0 Å². The Hall–Kier alpha value is -2.47. The van der Waals surface area contributed by atoms with Gasteiger partial charge >= 0.3 is 0 Å². The summed E-state index contributed by atoms with van der Waals surface area (Å²) in [5.74, 6) is 0. The Kier molecular flexibility index (Phi) is 3.95. The van der Waals surface area contributed by atoms with Crippen LogP contribution in [-0.4, -0.2) is 7.05 Å². The molecular weight excluding hydrogens is 246 g/mol. The lowest BCUT2D eigenvalue weighted by Gasteiger charge is -2.29. The number of rotatable bonds is 3. The topological polar surface area (TPSA) is 53.0 Å². The molecule has 2 aromatic carbocycles. The molecule has 0 saturated carbocycles. The lowest BCUT2D eigenvalue weighted by atomic mass is 10.0. The van der Waals surface area contributed by atoms with Gasteiger partial charge in [-0.1, -0.05) is 24.3 Å². The number of anilines is 2. The number of hydrogen-bond acceptors (Lipinski definition) is 3. The van der Waals surface area contributed by atoms with Crippen molar-refractivity contribution < 1.29 is 0 Å². The molecule has 2 aromatic rings. The highest BCUT2D eigenvalue weighted by Gasteiger charge is 2.17. The van der Waals surface area contributed by atoms with Gasteiger partial charge in [-0.05, 0) is 43.2 Å². The maximum Gasteiger partial charge on any atom is 0.101 e. The van der Waals surface area contributed by atoms with E-state index in [2.05, 4.69) is 24.0 Å². The zero-order chi connectivity index (χ0) is 14.7. The van der Waals surface area contributed by atoms with Gasteiger partial charge in [0.2, 0.25) is 0 Å². The van der Waals surface area contributed by atoms with Gasteiger partial charge in [0, 0.05) is 12.7 Å². The van der Waals surface area contributed by atoms with Crippen LogP contribution in [0.4, 0.5) is 11.4 Å². The normalized spacial score (nSPS) is 11.7. The van der Waals surface area contributed by atoms with Crippen molar-refractivity contribution in [2.75, 3.05) is 17.7 Å². The van der Waals surface area contributed by atoms with Gasteiger partial charge in [-0.25, -0.2) is 0 Å². The van der Waals surface area contributed by atoms with Crippen molar-refractivity contribution in [1.82, 2.24) is 0 Å². The first kappa shape index (κ1) is 14.0. The second-order valence-corrected chi connectivity index (χ2v) is 5.04. The van der Waals surface area contributed by atoms with Gasteiger partial charge in [-0.3, -0.25) is 0 Å². The molecule has 0 aliphatic carbocycles. The van der Waals surface area contributed by atoms with E-state index in [0.717, 1.165) is 22.5 Å². The Balaban J connectivity index is 2.42. The molecule has 3 heteroatoms. The molecule has 0 radical (unpaired) electrons. The van der Waals surface area contributed by atoms with Gasteiger partial charge < -0.3 is 10.6 Å². The number of para-hydroxylation sites is 1. The van der Waals surface area contributed by atoms with Gasteiger partial charge in [0.1, 0.15) is 6.07 Å². The van der Waals surface area contributed by atoms with E-state index in [1.54, 1.807) is 0 Å². The van der Waals surface area contributed by atoms with Crippen LogP contribution in [0.5, 0.6) is 0 Å². The number of nitrogen functional groups attached to an aromatic ring is 1. The van der Waals surface area contributed by atoms with Crippen molar-refractivity contribution in [2.45, 2.75) is 19.9 Å². The van der Waals surface area contributed by atoms with Crippen LogP contribution in [0.1, 0.15) is 29.7 Å². The van der Waals surface area contributed by atoms with Gasteiger partial charge in [0.05, 0.1) is 17.3 Å². The molecule has 102 valence electrons. The van der Waals surface area contributed by atoms with E-state index in [1.165, 1.54) is 0 Å².